The number of carboxylic acids is 1. The van der Waals surface area contributed by atoms with Gasteiger partial charge in [0.05, 0.1) is 22.7 Å². The Labute approximate surface area is 165 Å². The molecule has 1 amide bonds. The highest BCUT2D eigenvalue weighted by atomic mass is 35.5. The smallest absolute Gasteiger partial charge is 0.339 e. The van der Waals surface area contributed by atoms with Gasteiger partial charge < -0.3 is 15.2 Å². The summed E-state index contributed by atoms with van der Waals surface area (Å²) in [6, 6.07) is 10.6. The maximum atomic E-state index is 12.9. The summed E-state index contributed by atoms with van der Waals surface area (Å²) in [5, 5.41) is 13.2. The highest BCUT2D eigenvalue weighted by Crippen LogP contribution is 2.35. The molecule has 5 nitrogen and oxygen atoms in total. The molecule has 0 radical (unpaired) electrons. The molecule has 7 heteroatoms. The van der Waals surface area contributed by atoms with Crippen LogP contribution in [0.1, 0.15) is 38.9 Å². The second-order valence-electron chi connectivity index (χ2n) is 5.95. The number of aryl methyl sites for hydroxylation is 1. The van der Waals surface area contributed by atoms with Crippen molar-refractivity contribution in [1.29, 1.82) is 0 Å². The van der Waals surface area contributed by atoms with Crippen molar-refractivity contribution in [2.24, 2.45) is 0 Å². The topological polar surface area (TPSA) is 75.6 Å². The average Bonchev–Trinajstić information content (AvgIpc) is 3.02. The molecule has 2 aromatic carbocycles. The van der Waals surface area contributed by atoms with E-state index in [-0.39, 0.29) is 22.2 Å². The van der Waals surface area contributed by atoms with Gasteiger partial charge in [0.1, 0.15) is 11.3 Å². The lowest BCUT2D eigenvalue weighted by atomic mass is 10.1. The number of thiophene rings is 1. The molecular formula is C20H18ClNO4S. The second-order valence-corrected chi connectivity index (χ2v) is 7.41. The maximum absolute atomic E-state index is 12.9. The summed E-state index contributed by atoms with van der Waals surface area (Å²) in [6.07, 6.45) is 1.71. The van der Waals surface area contributed by atoms with E-state index >= 15 is 0 Å². The standard InChI is InChI=1S/C20H18ClNO4S/c1-3-6-12-11-7-4-5-8-17(11)27-18(12)19(23)22-15-10-16(26-2)13(20(24)25)9-14(15)21/h4-5,7-10H,3,6H2,1-2H3,(H,22,23)(H,24,25). The predicted molar refractivity (Wildman–Crippen MR) is 109 cm³/mol. The Kier molecular flexibility index (Phi) is 5.68. The molecule has 0 fully saturated rings. The number of benzene rings is 2. The first-order chi connectivity index (χ1) is 13.0. The zero-order valence-corrected chi connectivity index (χ0v) is 16.4. The van der Waals surface area contributed by atoms with Crippen LogP contribution in [0.4, 0.5) is 5.69 Å². The molecule has 0 saturated heterocycles. The average molecular weight is 404 g/mol. The molecule has 3 rings (SSSR count). The molecule has 0 unspecified atom stereocenters. The van der Waals surface area contributed by atoms with E-state index in [1.807, 2.05) is 24.3 Å². The Balaban J connectivity index is 2.00. The van der Waals surface area contributed by atoms with Crippen LogP contribution in [-0.4, -0.2) is 24.1 Å². The largest absolute Gasteiger partial charge is 0.496 e. The van der Waals surface area contributed by atoms with Crippen molar-refractivity contribution in [3.8, 4) is 5.75 Å². The number of carbonyl (C=O) groups is 2. The minimum atomic E-state index is -1.15. The van der Waals surface area contributed by atoms with Crippen LogP contribution in [0.2, 0.25) is 5.02 Å². The Bertz CT molecular complexity index is 1030. The molecule has 2 N–H and O–H groups in total. The Morgan fingerprint density at radius 3 is 2.67 bits per heavy atom. The molecule has 0 bridgehead atoms. The van der Waals surface area contributed by atoms with E-state index < -0.39 is 5.97 Å². The minimum Gasteiger partial charge on any atom is -0.496 e. The molecule has 0 aliphatic carbocycles. The monoisotopic (exact) mass is 403 g/mol. The van der Waals surface area contributed by atoms with E-state index in [2.05, 4.69) is 12.2 Å². The van der Waals surface area contributed by atoms with Crippen molar-refractivity contribution in [2.45, 2.75) is 19.8 Å². The van der Waals surface area contributed by atoms with Crippen molar-refractivity contribution in [3.05, 3.63) is 57.4 Å². The number of carbonyl (C=O) groups excluding carboxylic acids is 1. The van der Waals surface area contributed by atoms with Gasteiger partial charge in [-0.25, -0.2) is 4.79 Å². The lowest BCUT2D eigenvalue weighted by molar-refractivity contribution is 0.0693. The molecule has 140 valence electrons. The summed E-state index contributed by atoms with van der Waals surface area (Å²) in [7, 11) is 1.37. The van der Waals surface area contributed by atoms with Crippen molar-refractivity contribution >= 4 is 50.6 Å². The fraction of sp³-hybridized carbons (Fsp3) is 0.200. The van der Waals surface area contributed by atoms with Gasteiger partial charge in [0, 0.05) is 10.8 Å². The summed E-state index contributed by atoms with van der Waals surface area (Å²) < 4.78 is 6.16. The number of ether oxygens (including phenoxy) is 1. The number of carboxylic acid groups (broad SMARTS) is 1. The summed E-state index contributed by atoms with van der Waals surface area (Å²) in [5.41, 5.74) is 1.26. The van der Waals surface area contributed by atoms with E-state index in [0.29, 0.717) is 10.6 Å². The van der Waals surface area contributed by atoms with Crippen molar-refractivity contribution in [3.63, 3.8) is 0 Å². The first kappa shape index (κ1) is 19.2. The van der Waals surface area contributed by atoms with Crippen LogP contribution in [0.3, 0.4) is 0 Å². The lowest BCUT2D eigenvalue weighted by Crippen LogP contribution is -2.13. The van der Waals surface area contributed by atoms with Gasteiger partial charge in [0.25, 0.3) is 5.91 Å². The van der Waals surface area contributed by atoms with E-state index in [1.54, 1.807) is 0 Å². The molecule has 3 aromatic rings. The number of methoxy groups -OCH3 is 1. The number of hydrogen-bond acceptors (Lipinski definition) is 4. The van der Waals surface area contributed by atoms with E-state index in [9.17, 15) is 14.7 Å². The molecule has 0 aliphatic heterocycles. The van der Waals surface area contributed by atoms with Gasteiger partial charge in [-0.1, -0.05) is 43.1 Å². The first-order valence-corrected chi connectivity index (χ1v) is 9.58. The Morgan fingerprint density at radius 2 is 2.00 bits per heavy atom. The van der Waals surface area contributed by atoms with Crippen LogP contribution < -0.4 is 10.1 Å². The molecule has 0 saturated carbocycles. The summed E-state index contributed by atoms with van der Waals surface area (Å²) in [5.74, 6) is -1.29. The molecule has 0 spiro atoms. The van der Waals surface area contributed by atoms with Gasteiger partial charge in [-0.15, -0.1) is 11.3 Å². The molecular weight excluding hydrogens is 386 g/mol. The summed E-state index contributed by atoms with van der Waals surface area (Å²) in [4.78, 5) is 24.8. The van der Waals surface area contributed by atoms with Gasteiger partial charge in [-0.3, -0.25) is 4.79 Å². The Hall–Kier alpha value is -2.57. The maximum Gasteiger partial charge on any atom is 0.339 e. The highest BCUT2D eigenvalue weighted by Gasteiger charge is 2.20. The Morgan fingerprint density at radius 1 is 1.26 bits per heavy atom. The molecule has 27 heavy (non-hydrogen) atoms. The SMILES string of the molecule is CCCc1c(C(=O)Nc2cc(OC)c(C(=O)O)cc2Cl)sc2ccccc12. The normalized spacial score (nSPS) is 10.8. The molecule has 0 atom stereocenters. The predicted octanol–water partition coefficient (Wildman–Crippen LogP) is 5.47. The third-order valence-corrected chi connectivity index (χ3v) is 5.70. The van der Waals surface area contributed by atoms with E-state index in [4.69, 9.17) is 16.3 Å². The number of halogens is 1. The van der Waals surface area contributed by atoms with Crippen LogP contribution in [0.5, 0.6) is 5.75 Å². The van der Waals surface area contributed by atoms with E-state index in [1.165, 1.54) is 30.6 Å². The summed E-state index contributed by atoms with van der Waals surface area (Å²) >= 11 is 7.62. The minimum absolute atomic E-state index is 0.0611. The molecule has 1 aromatic heterocycles. The quantitative estimate of drug-likeness (QED) is 0.572. The fourth-order valence-electron chi connectivity index (χ4n) is 2.94. The molecule has 0 aliphatic rings. The summed E-state index contributed by atoms with van der Waals surface area (Å²) in [6.45, 7) is 2.07. The fourth-order valence-corrected chi connectivity index (χ4v) is 4.30. The number of amides is 1. The van der Waals surface area contributed by atoms with E-state index in [0.717, 1.165) is 28.5 Å². The number of aromatic carboxylic acids is 1. The highest BCUT2D eigenvalue weighted by molar-refractivity contribution is 7.21. The molecule has 1 heterocycles. The van der Waals surface area contributed by atoms with Gasteiger partial charge in [-0.05, 0) is 29.5 Å². The number of hydrogen-bond donors (Lipinski definition) is 2. The van der Waals surface area contributed by atoms with Crippen molar-refractivity contribution in [1.82, 2.24) is 0 Å². The van der Waals surface area contributed by atoms with Gasteiger partial charge in [0.15, 0.2) is 0 Å². The van der Waals surface area contributed by atoms with Crippen LogP contribution in [-0.2, 0) is 6.42 Å². The van der Waals surface area contributed by atoms with Crippen molar-refractivity contribution < 1.29 is 19.4 Å². The van der Waals surface area contributed by atoms with Crippen molar-refractivity contribution in [2.75, 3.05) is 12.4 Å². The number of nitrogens with one attached hydrogen (secondary N) is 1. The number of anilines is 1. The third kappa shape index (κ3) is 3.77. The van der Waals surface area contributed by atoms with Crippen LogP contribution in [0.25, 0.3) is 10.1 Å². The van der Waals surface area contributed by atoms with Gasteiger partial charge in [0.2, 0.25) is 0 Å². The number of fused-ring (bicyclic) bond motifs is 1. The van der Waals surface area contributed by atoms with Crippen LogP contribution in [0, 0.1) is 0 Å². The first-order valence-electron chi connectivity index (χ1n) is 8.38. The van der Waals surface area contributed by atoms with Crippen LogP contribution in [0.15, 0.2) is 36.4 Å². The number of rotatable bonds is 6. The second kappa shape index (κ2) is 7.98. The van der Waals surface area contributed by atoms with Gasteiger partial charge in [-0.2, -0.15) is 0 Å². The lowest BCUT2D eigenvalue weighted by Gasteiger charge is -2.12. The zero-order chi connectivity index (χ0) is 19.6. The third-order valence-electron chi connectivity index (χ3n) is 4.17. The zero-order valence-electron chi connectivity index (χ0n) is 14.8. The van der Waals surface area contributed by atoms with Crippen LogP contribution >= 0.6 is 22.9 Å². The van der Waals surface area contributed by atoms with Gasteiger partial charge >= 0.3 is 5.97 Å².